The fourth-order valence-electron chi connectivity index (χ4n) is 1.41. The van der Waals surface area contributed by atoms with Crippen LogP contribution in [-0.4, -0.2) is 21.0 Å². The molecule has 5 heteroatoms. The van der Waals surface area contributed by atoms with Gasteiger partial charge in [-0.25, -0.2) is 4.39 Å². The summed E-state index contributed by atoms with van der Waals surface area (Å²) in [6.07, 6.45) is 2.16. The van der Waals surface area contributed by atoms with Crippen molar-refractivity contribution in [3.05, 3.63) is 30.1 Å². The number of carbonyl (C=O) groups is 1. The van der Waals surface area contributed by atoms with Crippen LogP contribution in [0.4, 0.5) is 4.39 Å². The lowest BCUT2D eigenvalue weighted by Gasteiger charge is -2.02. The lowest BCUT2D eigenvalue weighted by atomic mass is 10.2. The topological polar surface area (TPSA) is 54.4 Å². The van der Waals surface area contributed by atoms with Crippen molar-refractivity contribution in [3.63, 3.8) is 0 Å². The number of benzene rings is 1. The van der Waals surface area contributed by atoms with Gasteiger partial charge in [-0.2, -0.15) is 0 Å². The first-order valence-corrected chi connectivity index (χ1v) is 6.77. The van der Waals surface area contributed by atoms with Crippen LogP contribution in [0.5, 0.6) is 0 Å². The van der Waals surface area contributed by atoms with Gasteiger partial charge in [-0.15, -0.1) is 0 Å². The van der Waals surface area contributed by atoms with E-state index < -0.39 is 16.8 Å². The van der Waals surface area contributed by atoms with Crippen LogP contribution in [0, 0.1) is 5.82 Å². The number of hydrogen-bond acceptors (Lipinski definition) is 2. The molecule has 0 aliphatic rings. The van der Waals surface area contributed by atoms with Crippen LogP contribution in [-0.2, 0) is 15.6 Å². The molecule has 17 heavy (non-hydrogen) atoms. The average Bonchev–Trinajstić information content (AvgIpc) is 2.28. The van der Waals surface area contributed by atoms with E-state index in [9.17, 15) is 13.4 Å². The average molecular weight is 258 g/mol. The molecular formula is C12H15FO3S. The van der Waals surface area contributed by atoms with E-state index in [4.69, 9.17) is 5.11 Å². The van der Waals surface area contributed by atoms with Gasteiger partial charge in [-0.05, 0) is 31.0 Å². The minimum Gasteiger partial charge on any atom is -0.481 e. The lowest BCUT2D eigenvalue weighted by molar-refractivity contribution is -0.137. The van der Waals surface area contributed by atoms with Crippen molar-refractivity contribution in [1.82, 2.24) is 0 Å². The number of carboxylic acids is 1. The molecule has 0 radical (unpaired) electrons. The normalized spacial score (nSPS) is 12.3. The number of halogens is 1. The van der Waals surface area contributed by atoms with Crippen LogP contribution >= 0.6 is 0 Å². The third-order valence-corrected chi connectivity index (χ3v) is 3.72. The summed E-state index contributed by atoms with van der Waals surface area (Å²) in [5, 5.41) is 8.43. The standard InChI is InChI=1S/C12H15FO3S/c13-10-5-4-6-11(9-10)17(16)8-3-1-2-7-12(14)15/h4-6,9H,1-3,7-8H2,(H,14,15). The van der Waals surface area contributed by atoms with Crippen molar-refractivity contribution in [3.8, 4) is 0 Å². The highest BCUT2D eigenvalue weighted by Crippen LogP contribution is 2.11. The molecule has 1 aromatic rings. The third kappa shape index (κ3) is 5.58. The summed E-state index contributed by atoms with van der Waals surface area (Å²) in [6, 6.07) is 5.75. The number of carboxylic acid groups (broad SMARTS) is 1. The summed E-state index contributed by atoms with van der Waals surface area (Å²) >= 11 is 0. The Balaban J connectivity index is 2.28. The summed E-state index contributed by atoms with van der Waals surface area (Å²) in [5.74, 6) is -0.749. The Hall–Kier alpha value is -1.23. The number of unbranched alkanes of at least 4 members (excludes halogenated alkanes) is 2. The second kappa shape index (κ2) is 7.17. The largest absolute Gasteiger partial charge is 0.481 e. The van der Waals surface area contributed by atoms with Gasteiger partial charge < -0.3 is 5.11 Å². The SMILES string of the molecule is O=C(O)CCCCCS(=O)c1cccc(F)c1. The second-order valence-electron chi connectivity index (χ2n) is 3.71. The Morgan fingerprint density at radius 1 is 1.29 bits per heavy atom. The van der Waals surface area contributed by atoms with E-state index in [-0.39, 0.29) is 12.2 Å². The maximum absolute atomic E-state index is 12.9. The minimum absolute atomic E-state index is 0.145. The zero-order valence-electron chi connectivity index (χ0n) is 9.39. The zero-order chi connectivity index (χ0) is 12.7. The van der Waals surface area contributed by atoms with Crippen molar-refractivity contribution in [2.75, 3.05) is 5.75 Å². The van der Waals surface area contributed by atoms with Gasteiger partial charge in [0.15, 0.2) is 0 Å². The van der Waals surface area contributed by atoms with E-state index in [1.54, 1.807) is 6.07 Å². The molecule has 0 spiro atoms. The monoisotopic (exact) mass is 258 g/mol. The highest BCUT2D eigenvalue weighted by molar-refractivity contribution is 7.85. The smallest absolute Gasteiger partial charge is 0.303 e. The summed E-state index contributed by atoms with van der Waals surface area (Å²) < 4.78 is 24.6. The van der Waals surface area contributed by atoms with Crippen LogP contribution in [0.3, 0.4) is 0 Å². The van der Waals surface area contributed by atoms with Crippen LogP contribution in [0.1, 0.15) is 25.7 Å². The first-order valence-electron chi connectivity index (χ1n) is 5.45. The van der Waals surface area contributed by atoms with Crippen molar-refractivity contribution in [2.45, 2.75) is 30.6 Å². The molecule has 0 fully saturated rings. The van der Waals surface area contributed by atoms with Gasteiger partial charge in [-0.3, -0.25) is 9.00 Å². The van der Waals surface area contributed by atoms with Crippen molar-refractivity contribution in [1.29, 1.82) is 0 Å². The molecule has 0 saturated heterocycles. The predicted molar refractivity (Wildman–Crippen MR) is 63.8 cm³/mol. The van der Waals surface area contributed by atoms with Crippen molar-refractivity contribution >= 4 is 16.8 Å². The summed E-state index contributed by atoms with van der Waals surface area (Å²) in [4.78, 5) is 10.7. The highest BCUT2D eigenvalue weighted by Gasteiger charge is 2.05. The first kappa shape index (κ1) is 13.8. The lowest BCUT2D eigenvalue weighted by Crippen LogP contribution is -2.00. The molecule has 0 aliphatic heterocycles. The summed E-state index contributed by atoms with van der Waals surface area (Å²) in [5.41, 5.74) is 0. The number of hydrogen-bond donors (Lipinski definition) is 1. The Morgan fingerprint density at radius 3 is 2.71 bits per heavy atom. The van der Waals surface area contributed by atoms with E-state index in [2.05, 4.69) is 0 Å². The molecule has 1 unspecified atom stereocenters. The number of rotatable bonds is 7. The molecule has 0 heterocycles. The maximum atomic E-state index is 12.9. The Bertz CT molecular complexity index is 406. The highest BCUT2D eigenvalue weighted by atomic mass is 32.2. The molecule has 0 bridgehead atoms. The van der Waals surface area contributed by atoms with E-state index in [1.165, 1.54) is 18.2 Å². The van der Waals surface area contributed by atoms with E-state index in [1.807, 2.05) is 0 Å². The van der Waals surface area contributed by atoms with Crippen LogP contribution < -0.4 is 0 Å². The predicted octanol–water partition coefficient (Wildman–Crippen LogP) is 2.58. The van der Waals surface area contributed by atoms with Gasteiger partial charge >= 0.3 is 5.97 Å². The van der Waals surface area contributed by atoms with Gasteiger partial charge in [0.25, 0.3) is 0 Å². The van der Waals surface area contributed by atoms with Crippen LogP contribution in [0.25, 0.3) is 0 Å². The molecule has 94 valence electrons. The van der Waals surface area contributed by atoms with E-state index >= 15 is 0 Å². The molecule has 1 atom stereocenters. The molecule has 1 N–H and O–H groups in total. The van der Waals surface area contributed by atoms with Gasteiger partial charge in [0.05, 0.1) is 10.8 Å². The zero-order valence-corrected chi connectivity index (χ0v) is 10.2. The molecule has 0 saturated carbocycles. The molecule has 0 amide bonds. The van der Waals surface area contributed by atoms with Gasteiger partial charge in [-0.1, -0.05) is 12.5 Å². The molecule has 1 rings (SSSR count). The summed E-state index contributed by atoms with van der Waals surface area (Å²) in [7, 11) is -1.20. The Morgan fingerprint density at radius 2 is 2.06 bits per heavy atom. The maximum Gasteiger partial charge on any atom is 0.303 e. The minimum atomic E-state index is -1.20. The van der Waals surface area contributed by atoms with Crippen molar-refractivity contribution in [2.24, 2.45) is 0 Å². The van der Waals surface area contributed by atoms with E-state index in [0.717, 1.165) is 6.42 Å². The molecule has 0 aromatic heterocycles. The van der Waals surface area contributed by atoms with Gasteiger partial charge in [0.1, 0.15) is 5.82 Å². The number of aliphatic carboxylic acids is 1. The third-order valence-electron chi connectivity index (χ3n) is 2.28. The fraction of sp³-hybridized carbons (Fsp3) is 0.417. The quantitative estimate of drug-likeness (QED) is 0.765. The van der Waals surface area contributed by atoms with Gasteiger partial charge in [0, 0.05) is 17.1 Å². The molecule has 3 nitrogen and oxygen atoms in total. The summed E-state index contributed by atoms with van der Waals surface area (Å²) in [6.45, 7) is 0. The first-order chi connectivity index (χ1) is 8.09. The second-order valence-corrected chi connectivity index (χ2v) is 5.28. The van der Waals surface area contributed by atoms with Crippen molar-refractivity contribution < 1.29 is 18.5 Å². The van der Waals surface area contributed by atoms with Gasteiger partial charge in [0.2, 0.25) is 0 Å². The molecular weight excluding hydrogens is 243 g/mol. The fourth-order valence-corrected chi connectivity index (χ4v) is 2.59. The molecule has 0 aliphatic carbocycles. The Kier molecular flexibility index (Phi) is 5.83. The molecule has 1 aromatic carbocycles. The Labute approximate surface area is 102 Å². The van der Waals surface area contributed by atoms with E-state index in [0.29, 0.717) is 23.5 Å². The van der Waals surface area contributed by atoms with Crippen LogP contribution in [0.2, 0.25) is 0 Å². The van der Waals surface area contributed by atoms with Crippen LogP contribution in [0.15, 0.2) is 29.2 Å².